The van der Waals surface area contributed by atoms with Gasteiger partial charge in [-0.15, -0.1) is 0 Å². The van der Waals surface area contributed by atoms with Gasteiger partial charge in [-0.1, -0.05) is 17.7 Å². The quantitative estimate of drug-likeness (QED) is 0.431. The number of rotatable bonds is 4. The SMILES string of the molecule is CC(=O)c1ccc(Oc2c(Cl)cccc2[N+](=O)[O-])c(Br)c1. The minimum Gasteiger partial charge on any atom is -0.447 e. The third-order valence-electron chi connectivity index (χ3n) is 2.69. The number of halogens is 2. The topological polar surface area (TPSA) is 69.4 Å². The minimum atomic E-state index is -0.570. The monoisotopic (exact) mass is 369 g/mol. The van der Waals surface area contributed by atoms with Gasteiger partial charge in [0.25, 0.3) is 0 Å². The molecule has 0 N–H and O–H groups in total. The molecule has 0 bridgehead atoms. The molecule has 0 saturated carbocycles. The molecule has 7 heteroatoms. The fourth-order valence-electron chi connectivity index (χ4n) is 1.65. The van der Waals surface area contributed by atoms with Gasteiger partial charge in [-0.05, 0) is 47.1 Å². The lowest BCUT2D eigenvalue weighted by Crippen LogP contribution is -1.96. The highest BCUT2D eigenvalue weighted by Gasteiger charge is 2.20. The average Bonchev–Trinajstić information content (AvgIpc) is 2.42. The van der Waals surface area contributed by atoms with Crippen molar-refractivity contribution in [1.29, 1.82) is 0 Å². The van der Waals surface area contributed by atoms with Crippen LogP contribution < -0.4 is 4.74 Å². The van der Waals surface area contributed by atoms with E-state index in [-0.39, 0.29) is 22.2 Å². The summed E-state index contributed by atoms with van der Waals surface area (Å²) in [6.07, 6.45) is 0. The van der Waals surface area contributed by atoms with Gasteiger partial charge in [-0.3, -0.25) is 14.9 Å². The Kier molecular flexibility index (Phi) is 4.59. The van der Waals surface area contributed by atoms with Crippen molar-refractivity contribution < 1.29 is 14.5 Å². The summed E-state index contributed by atoms with van der Waals surface area (Å²) in [6.45, 7) is 1.45. The van der Waals surface area contributed by atoms with Crippen LogP contribution in [-0.2, 0) is 0 Å². The predicted octanol–water partition coefficient (Wildman–Crippen LogP) is 5.01. The molecule has 21 heavy (non-hydrogen) atoms. The molecule has 0 aliphatic carbocycles. The van der Waals surface area contributed by atoms with E-state index in [2.05, 4.69) is 15.9 Å². The van der Waals surface area contributed by atoms with Crippen molar-refractivity contribution >= 4 is 39.0 Å². The van der Waals surface area contributed by atoms with Crippen LogP contribution in [0.25, 0.3) is 0 Å². The van der Waals surface area contributed by atoms with Crippen LogP contribution in [0.4, 0.5) is 5.69 Å². The highest BCUT2D eigenvalue weighted by atomic mass is 79.9. The van der Waals surface area contributed by atoms with Gasteiger partial charge in [0.1, 0.15) is 5.75 Å². The first-order chi connectivity index (χ1) is 9.90. The first-order valence-corrected chi connectivity index (χ1v) is 6.98. The van der Waals surface area contributed by atoms with Crippen molar-refractivity contribution in [2.45, 2.75) is 6.92 Å². The second-order valence-electron chi connectivity index (χ2n) is 4.15. The summed E-state index contributed by atoms with van der Waals surface area (Å²) >= 11 is 9.23. The molecule has 0 aliphatic rings. The van der Waals surface area contributed by atoms with Crippen LogP contribution in [0.2, 0.25) is 5.02 Å². The third kappa shape index (κ3) is 3.40. The van der Waals surface area contributed by atoms with Crippen LogP contribution in [0.3, 0.4) is 0 Å². The molecule has 0 aromatic heterocycles. The highest BCUT2D eigenvalue weighted by Crippen LogP contribution is 2.40. The van der Waals surface area contributed by atoms with Gasteiger partial charge in [0.15, 0.2) is 5.78 Å². The van der Waals surface area contributed by atoms with E-state index in [1.54, 1.807) is 18.2 Å². The normalized spacial score (nSPS) is 10.2. The molecule has 0 unspecified atom stereocenters. The minimum absolute atomic E-state index is 0.0413. The van der Waals surface area contributed by atoms with Gasteiger partial charge in [0.05, 0.1) is 14.4 Å². The van der Waals surface area contributed by atoms with E-state index < -0.39 is 4.92 Å². The number of para-hydroxylation sites is 1. The Balaban J connectivity index is 2.44. The Hall–Kier alpha value is -1.92. The number of nitrogens with zero attached hydrogens (tertiary/aromatic N) is 1. The molecule has 5 nitrogen and oxygen atoms in total. The molecule has 2 rings (SSSR count). The first kappa shape index (κ1) is 15.5. The molecule has 0 atom stereocenters. The van der Waals surface area contributed by atoms with Crippen LogP contribution in [0, 0.1) is 10.1 Å². The molecule has 0 radical (unpaired) electrons. The van der Waals surface area contributed by atoms with Crippen molar-refractivity contribution in [2.24, 2.45) is 0 Å². The second kappa shape index (κ2) is 6.24. The average molecular weight is 371 g/mol. The van der Waals surface area contributed by atoms with Gasteiger partial charge < -0.3 is 4.74 Å². The van der Waals surface area contributed by atoms with Crippen molar-refractivity contribution in [2.75, 3.05) is 0 Å². The fourth-order valence-corrected chi connectivity index (χ4v) is 2.32. The molecule has 0 amide bonds. The summed E-state index contributed by atoms with van der Waals surface area (Å²) in [7, 11) is 0. The third-order valence-corrected chi connectivity index (χ3v) is 3.61. The number of Topliss-reactive ketones (excluding diaryl/α,β-unsaturated/α-hetero) is 1. The first-order valence-electron chi connectivity index (χ1n) is 5.81. The number of ether oxygens (including phenoxy) is 1. The van der Waals surface area contributed by atoms with E-state index in [9.17, 15) is 14.9 Å². The Morgan fingerprint density at radius 2 is 2.05 bits per heavy atom. The maximum atomic E-state index is 11.3. The summed E-state index contributed by atoms with van der Waals surface area (Å²) in [6, 6.07) is 8.99. The molecule has 2 aromatic rings. The van der Waals surface area contributed by atoms with E-state index in [4.69, 9.17) is 16.3 Å². The maximum Gasteiger partial charge on any atom is 0.313 e. The van der Waals surface area contributed by atoms with Crippen LogP contribution in [-0.4, -0.2) is 10.7 Å². The van der Waals surface area contributed by atoms with Gasteiger partial charge >= 0.3 is 5.69 Å². The number of hydrogen-bond acceptors (Lipinski definition) is 4. The zero-order valence-corrected chi connectivity index (χ0v) is 13.1. The fraction of sp³-hybridized carbons (Fsp3) is 0.0714. The molecular formula is C14H9BrClNO4. The van der Waals surface area contributed by atoms with E-state index in [0.29, 0.717) is 15.8 Å². The largest absolute Gasteiger partial charge is 0.447 e. The number of benzene rings is 2. The lowest BCUT2D eigenvalue weighted by atomic mass is 10.1. The van der Waals surface area contributed by atoms with Gasteiger partial charge in [-0.2, -0.15) is 0 Å². The maximum absolute atomic E-state index is 11.3. The van der Waals surface area contributed by atoms with Gasteiger partial charge in [-0.25, -0.2) is 0 Å². The smallest absolute Gasteiger partial charge is 0.313 e. The van der Waals surface area contributed by atoms with Crippen molar-refractivity contribution in [3.8, 4) is 11.5 Å². The Labute approximate surface area is 133 Å². The van der Waals surface area contributed by atoms with Crippen molar-refractivity contribution in [1.82, 2.24) is 0 Å². The Morgan fingerprint density at radius 3 is 2.62 bits per heavy atom. The van der Waals surface area contributed by atoms with E-state index in [0.717, 1.165) is 0 Å². The zero-order valence-electron chi connectivity index (χ0n) is 10.8. The summed E-state index contributed by atoms with van der Waals surface area (Å²) in [5.41, 5.74) is 0.271. The molecule has 108 valence electrons. The molecule has 0 fully saturated rings. The number of nitro groups is 1. The lowest BCUT2D eigenvalue weighted by molar-refractivity contribution is -0.385. The Morgan fingerprint density at radius 1 is 1.33 bits per heavy atom. The molecule has 0 saturated heterocycles. The molecule has 2 aromatic carbocycles. The van der Waals surface area contributed by atoms with Gasteiger partial charge in [0.2, 0.25) is 5.75 Å². The van der Waals surface area contributed by atoms with E-state index in [1.165, 1.54) is 25.1 Å². The van der Waals surface area contributed by atoms with Crippen LogP contribution in [0.5, 0.6) is 11.5 Å². The standard InChI is InChI=1S/C14H9BrClNO4/c1-8(18)9-5-6-13(10(15)7-9)21-14-11(16)3-2-4-12(14)17(19)20/h2-7H,1H3. The molecule has 0 aliphatic heterocycles. The van der Waals surface area contributed by atoms with E-state index in [1.807, 2.05) is 0 Å². The highest BCUT2D eigenvalue weighted by molar-refractivity contribution is 9.10. The van der Waals surface area contributed by atoms with E-state index >= 15 is 0 Å². The van der Waals surface area contributed by atoms with Gasteiger partial charge in [0, 0.05) is 11.6 Å². The number of ketones is 1. The second-order valence-corrected chi connectivity index (χ2v) is 5.41. The number of carbonyl (C=O) groups excluding carboxylic acids is 1. The van der Waals surface area contributed by atoms with Crippen molar-refractivity contribution in [3.63, 3.8) is 0 Å². The Bertz CT molecular complexity index is 733. The zero-order chi connectivity index (χ0) is 15.6. The molecule has 0 spiro atoms. The summed E-state index contributed by atoms with van der Waals surface area (Å²) in [5, 5.41) is 11.1. The number of carbonyl (C=O) groups is 1. The lowest BCUT2D eigenvalue weighted by Gasteiger charge is -2.10. The predicted molar refractivity (Wildman–Crippen MR) is 82.3 cm³/mol. The summed E-state index contributed by atoms with van der Waals surface area (Å²) < 4.78 is 6.04. The van der Waals surface area contributed by atoms with Crippen LogP contribution >= 0.6 is 27.5 Å². The number of hydrogen-bond donors (Lipinski definition) is 0. The van der Waals surface area contributed by atoms with Crippen LogP contribution in [0.15, 0.2) is 40.9 Å². The van der Waals surface area contributed by atoms with Crippen molar-refractivity contribution in [3.05, 3.63) is 61.6 Å². The number of nitro benzene ring substituents is 1. The van der Waals surface area contributed by atoms with Crippen LogP contribution in [0.1, 0.15) is 17.3 Å². The molecule has 0 heterocycles. The summed E-state index contributed by atoms with van der Waals surface area (Å²) in [5.74, 6) is 0.197. The summed E-state index contributed by atoms with van der Waals surface area (Å²) in [4.78, 5) is 21.7. The molecular weight excluding hydrogens is 362 g/mol.